The van der Waals surface area contributed by atoms with E-state index >= 15 is 0 Å². The Labute approximate surface area is 119 Å². The predicted octanol–water partition coefficient (Wildman–Crippen LogP) is 3.94. The molecular formula is C14H26BrN3. The van der Waals surface area contributed by atoms with E-state index in [1.54, 1.807) is 0 Å². The first-order valence-electron chi connectivity index (χ1n) is 7.05. The van der Waals surface area contributed by atoms with E-state index in [-0.39, 0.29) is 0 Å². The summed E-state index contributed by atoms with van der Waals surface area (Å²) >= 11 is 3.61. The highest BCUT2D eigenvalue weighted by atomic mass is 79.9. The second-order valence-corrected chi connectivity index (χ2v) is 5.91. The Morgan fingerprint density at radius 1 is 1.33 bits per heavy atom. The molecule has 0 aliphatic rings. The van der Waals surface area contributed by atoms with Crippen molar-refractivity contribution >= 4 is 15.9 Å². The number of nitrogens with zero attached hydrogens (tertiary/aromatic N) is 2. The molecule has 1 aromatic rings. The highest BCUT2D eigenvalue weighted by Crippen LogP contribution is 2.22. The number of hydrogen-bond donors (Lipinski definition) is 1. The Kier molecular flexibility index (Phi) is 6.94. The van der Waals surface area contributed by atoms with Crippen LogP contribution in [0.5, 0.6) is 0 Å². The van der Waals surface area contributed by atoms with Crippen molar-refractivity contribution in [1.82, 2.24) is 15.1 Å². The monoisotopic (exact) mass is 315 g/mol. The van der Waals surface area contributed by atoms with Gasteiger partial charge in [0.1, 0.15) is 0 Å². The minimum absolute atomic E-state index is 0.426. The average Bonchev–Trinajstić information content (AvgIpc) is 2.68. The first-order valence-corrected chi connectivity index (χ1v) is 7.84. The largest absolute Gasteiger partial charge is 0.314 e. The van der Waals surface area contributed by atoms with Gasteiger partial charge in [-0.1, -0.05) is 20.3 Å². The van der Waals surface area contributed by atoms with Gasteiger partial charge in [-0.3, -0.25) is 4.68 Å². The molecule has 0 saturated carbocycles. The van der Waals surface area contributed by atoms with E-state index in [2.05, 4.69) is 58.7 Å². The van der Waals surface area contributed by atoms with Gasteiger partial charge < -0.3 is 5.32 Å². The van der Waals surface area contributed by atoms with Gasteiger partial charge in [0, 0.05) is 12.1 Å². The summed E-state index contributed by atoms with van der Waals surface area (Å²) < 4.78 is 3.27. The Morgan fingerprint density at radius 2 is 2.06 bits per heavy atom. The van der Waals surface area contributed by atoms with Gasteiger partial charge in [-0.05, 0) is 55.6 Å². The molecule has 0 aliphatic heterocycles. The maximum Gasteiger partial charge on any atom is 0.0635 e. The van der Waals surface area contributed by atoms with Crippen molar-refractivity contribution in [3.63, 3.8) is 0 Å². The summed E-state index contributed by atoms with van der Waals surface area (Å²) in [4.78, 5) is 0. The molecule has 4 heteroatoms. The minimum atomic E-state index is 0.426. The van der Waals surface area contributed by atoms with Crippen LogP contribution in [0.15, 0.2) is 10.7 Å². The molecule has 3 nitrogen and oxygen atoms in total. The van der Waals surface area contributed by atoms with Crippen molar-refractivity contribution in [2.45, 2.75) is 65.5 Å². The first-order chi connectivity index (χ1) is 8.60. The van der Waals surface area contributed by atoms with Crippen molar-refractivity contribution in [3.8, 4) is 0 Å². The van der Waals surface area contributed by atoms with Crippen LogP contribution in [0.25, 0.3) is 0 Å². The number of halogens is 1. The molecule has 1 N–H and O–H groups in total. The van der Waals surface area contributed by atoms with Gasteiger partial charge in [0.15, 0.2) is 0 Å². The summed E-state index contributed by atoms with van der Waals surface area (Å²) in [6.07, 6.45) is 6.66. The van der Waals surface area contributed by atoms with Crippen LogP contribution in [0.4, 0.5) is 0 Å². The van der Waals surface area contributed by atoms with Crippen LogP contribution in [-0.4, -0.2) is 22.4 Å². The lowest BCUT2D eigenvalue weighted by molar-refractivity contribution is 0.442. The summed E-state index contributed by atoms with van der Waals surface area (Å²) in [5, 5.41) is 8.00. The van der Waals surface area contributed by atoms with Crippen LogP contribution in [-0.2, 0) is 6.42 Å². The quantitative estimate of drug-likeness (QED) is 0.787. The Bertz CT molecular complexity index is 341. The first kappa shape index (κ1) is 15.7. The zero-order chi connectivity index (χ0) is 13.5. The lowest BCUT2D eigenvalue weighted by atomic mass is 10.0. The molecule has 0 aliphatic carbocycles. The number of aromatic nitrogens is 2. The fourth-order valence-electron chi connectivity index (χ4n) is 2.34. The topological polar surface area (TPSA) is 29.9 Å². The second kappa shape index (κ2) is 7.95. The SMILES string of the molecule is CCCC(CCc1c(Br)cnn1C(C)C)NCC. The summed E-state index contributed by atoms with van der Waals surface area (Å²) in [6.45, 7) is 9.83. The maximum atomic E-state index is 4.43. The Balaban J connectivity index is 2.63. The zero-order valence-corrected chi connectivity index (χ0v) is 13.6. The molecular weight excluding hydrogens is 290 g/mol. The lowest BCUT2D eigenvalue weighted by Crippen LogP contribution is -2.29. The number of rotatable bonds is 8. The van der Waals surface area contributed by atoms with Crippen molar-refractivity contribution in [1.29, 1.82) is 0 Å². The smallest absolute Gasteiger partial charge is 0.0635 e. The van der Waals surface area contributed by atoms with Crippen molar-refractivity contribution in [2.75, 3.05) is 6.54 Å². The normalized spacial score (nSPS) is 13.2. The fraction of sp³-hybridized carbons (Fsp3) is 0.786. The summed E-state index contributed by atoms with van der Waals surface area (Å²) in [7, 11) is 0. The molecule has 1 heterocycles. The van der Waals surface area contributed by atoms with E-state index in [4.69, 9.17) is 0 Å². The molecule has 104 valence electrons. The average molecular weight is 316 g/mol. The van der Waals surface area contributed by atoms with Crippen molar-refractivity contribution < 1.29 is 0 Å². The molecule has 0 bridgehead atoms. The van der Waals surface area contributed by atoms with E-state index in [1.165, 1.54) is 25.0 Å². The molecule has 0 fully saturated rings. The van der Waals surface area contributed by atoms with Crippen molar-refractivity contribution in [2.24, 2.45) is 0 Å². The zero-order valence-electron chi connectivity index (χ0n) is 12.0. The summed E-state index contributed by atoms with van der Waals surface area (Å²) in [5.74, 6) is 0. The van der Waals surface area contributed by atoms with Gasteiger partial charge in [0.05, 0.1) is 16.4 Å². The van der Waals surface area contributed by atoms with Gasteiger partial charge in [0.25, 0.3) is 0 Å². The van der Waals surface area contributed by atoms with Gasteiger partial charge >= 0.3 is 0 Å². The maximum absolute atomic E-state index is 4.43. The minimum Gasteiger partial charge on any atom is -0.314 e. The van der Waals surface area contributed by atoms with E-state index in [0.29, 0.717) is 12.1 Å². The molecule has 0 spiro atoms. The molecule has 18 heavy (non-hydrogen) atoms. The molecule has 0 amide bonds. The highest BCUT2D eigenvalue weighted by molar-refractivity contribution is 9.10. The van der Waals surface area contributed by atoms with Crippen LogP contribution >= 0.6 is 15.9 Å². The molecule has 0 saturated heterocycles. The molecule has 0 radical (unpaired) electrons. The molecule has 0 aromatic carbocycles. The molecule has 1 rings (SSSR count). The summed E-state index contributed by atoms with van der Waals surface area (Å²) in [6, 6.07) is 1.05. The van der Waals surface area contributed by atoms with Gasteiger partial charge in [-0.25, -0.2) is 0 Å². The standard InChI is InChI=1S/C14H26BrN3/c1-5-7-12(16-6-2)8-9-14-13(15)10-17-18(14)11(3)4/h10-12,16H,5-9H2,1-4H3. The molecule has 1 atom stereocenters. The van der Waals surface area contributed by atoms with Gasteiger partial charge in [-0.15, -0.1) is 0 Å². The van der Waals surface area contributed by atoms with Gasteiger partial charge in [-0.2, -0.15) is 5.10 Å². The van der Waals surface area contributed by atoms with E-state index in [0.717, 1.165) is 17.4 Å². The van der Waals surface area contributed by atoms with Crippen LogP contribution in [0, 0.1) is 0 Å². The van der Waals surface area contributed by atoms with Crippen LogP contribution < -0.4 is 5.32 Å². The third-order valence-corrected chi connectivity index (χ3v) is 3.86. The number of nitrogens with one attached hydrogen (secondary N) is 1. The highest BCUT2D eigenvalue weighted by Gasteiger charge is 2.13. The molecule has 1 unspecified atom stereocenters. The third kappa shape index (κ3) is 4.39. The van der Waals surface area contributed by atoms with Crippen molar-refractivity contribution in [3.05, 3.63) is 16.4 Å². The van der Waals surface area contributed by atoms with Crippen LogP contribution in [0.3, 0.4) is 0 Å². The lowest BCUT2D eigenvalue weighted by Gasteiger charge is -2.18. The van der Waals surface area contributed by atoms with Crippen LogP contribution in [0.1, 0.15) is 58.7 Å². The van der Waals surface area contributed by atoms with E-state index < -0.39 is 0 Å². The third-order valence-electron chi connectivity index (χ3n) is 3.20. The predicted molar refractivity (Wildman–Crippen MR) is 81.0 cm³/mol. The van der Waals surface area contributed by atoms with E-state index in [1.807, 2.05) is 6.20 Å². The number of hydrogen-bond acceptors (Lipinski definition) is 2. The fourth-order valence-corrected chi connectivity index (χ4v) is 2.81. The van der Waals surface area contributed by atoms with E-state index in [9.17, 15) is 0 Å². The van der Waals surface area contributed by atoms with Gasteiger partial charge in [0.2, 0.25) is 0 Å². The molecule has 1 aromatic heterocycles. The van der Waals surface area contributed by atoms with Crippen LogP contribution in [0.2, 0.25) is 0 Å². The Morgan fingerprint density at radius 3 is 2.61 bits per heavy atom. The Hall–Kier alpha value is -0.350. The second-order valence-electron chi connectivity index (χ2n) is 5.06. The summed E-state index contributed by atoms with van der Waals surface area (Å²) in [5.41, 5.74) is 1.32.